The molecule has 0 aliphatic heterocycles. The van der Waals surface area contributed by atoms with Crippen LogP contribution in [0.1, 0.15) is 24.6 Å². The van der Waals surface area contributed by atoms with Crippen molar-refractivity contribution in [2.24, 2.45) is 5.10 Å². The number of aromatic nitrogens is 3. The molecule has 0 aliphatic carbocycles. The van der Waals surface area contributed by atoms with Gasteiger partial charge in [-0.25, -0.2) is 0 Å². The predicted octanol–water partition coefficient (Wildman–Crippen LogP) is 1.52. The second-order valence-electron chi connectivity index (χ2n) is 5.49. The molecule has 12 nitrogen and oxygen atoms in total. The van der Waals surface area contributed by atoms with Crippen molar-refractivity contribution >= 4 is 30.1 Å². The molecular formula is C16H17N5O7S. The van der Waals surface area contributed by atoms with Crippen molar-refractivity contribution in [2.75, 3.05) is 13.7 Å². The van der Waals surface area contributed by atoms with Crippen molar-refractivity contribution < 1.29 is 24.3 Å². The van der Waals surface area contributed by atoms with E-state index in [1.165, 1.54) is 25.5 Å². The van der Waals surface area contributed by atoms with Crippen LogP contribution in [0.2, 0.25) is 0 Å². The van der Waals surface area contributed by atoms with Gasteiger partial charge in [-0.15, -0.1) is 0 Å². The molecule has 29 heavy (non-hydrogen) atoms. The zero-order valence-corrected chi connectivity index (χ0v) is 16.3. The Kier molecular flexibility index (Phi) is 7.14. The van der Waals surface area contributed by atoms with E-state index in [9.17, 15) is 19.7 Å². The highest BCUT2D eigenvalue weighted by Crippen LogP contribution is 2.37. The third kappa shape index (κ3) is 5.22. The van der Waals surface area contributed by atoms with Crippen molar-refractivity contribution in [3.8, 4) is 11.5 Å². The number of carbonyl (C=O) groups is 1. The summed E-state index contributed by atoms with van der Waals surface area (Å²) in [6.07, 6.45) is 0.772. The molecule has 0 amide bonds. The third-order valence-corrected chi connectivity index (χ3v) is 3.84. The lowest BCUT2D eigenvalue weighted by Crippen LogP contribution is -2.25. The monoisotopic (exact) mass is 423 g/mol. The highest BCUT2D eigenvalue weighted by Gasteiger charge is 2.21. The van der Waals surface area contributed by atoms with E-state index in [0.717, 1.165) is 4.68 Å². The molecule has 1 aromatic heterocycles. The van der Waals surface area contributed by atoms with Gasteiger partial charge < -0.3 is 14.6 Å². The molecule has 2 N–H and O–H groups in total. The summed E-state index contributed by atoms with van der Waals surface area (Å²) in [5.74, 6) is -0.985. The molecule has 0 bridgehead atoms. The molecular weight excluding hydrogens is 406 g/mol. The largest absolute Gasteiger partial charge is 0.493 e. The summed E-state index contributed by atoms with van der Waals surface area (Å²) in [6.45, 7) is 1.88. The van der Waals surface area contributed by atoms with Crippen LogP contribution in [0.15, 0.2) is 22.0 Å². The second kappa shape index (κ2) is 9.54. The van der Waals surface area contributed by atoms with Crippen molar-refractivity contribution in [2.45, 2.75) is 19.8 Å². The zero-order valence-electron chi connectivity index (χ0n) is 15.4. The van der Waals surface area contributed by atoms with E-state index in [2.05, 4.69) is 15.3 Å². The van der Waals surface area contributed by atoms with Gasteiger partial charge in [-0.2, -0.15) is 14.9 Å². The summed E-state index contributed by atoms with van der Waals surface area (Å²) >= 11 is 4.98. The quantitative estimate of drug-likeness (QED) is 0.263. The first kappa shape index (κ1) is 21.7. The van der Waals surface area contributed by atoms with E-state index in [-0.39, 0.29) is 52.7 Å². The summed E-state index contributed by atoms with van der Waals surface area (Å²) < 4.78 is 11.1. The number of ether oxygens (including phenoxy) is 2. The number of H-pyrrole nitrogens is 1. The number of aliphatic carboxylic acids is 1. The number of nitro groups is 1. The lowest BCUT2D eigenvalue weighted by atomic mass is 10.2. The number of benzene rings is 1. The maximum atomic E-state index is 12.4. The van der Waals surface area contributed by atoms with E-state index in [4.69, 9.17) is 26.8 Å². The number of nitro benzene ring substituents is 1. The van der Waals surface area contributed by atoms with E-state index in [1.807, 2.05) is 0 Å². The molecule has 0 unspecified atom stereocenters. The number of aryl methyl sites for hydroxylation is 1. The van der Waals surface area contributed by atoms with Crippen LogP contribution < -0.4 is 15.0 Å². The minimum absolute atomic E-state index is 0.0218. The van der Waals surface area contributed by atoms with E-state index in [0.29, 0.717) is 0 Å². The van der Waals surface area contributed by atoms with Crippen molar-refractivity contribution in [3.63, 3.8) is 0 Å². The fourth-order valence-electron chi connectivity index (χ4n) is 2.30. The average Bonchev–Trinajstić information content (AvgIpc) is 2.67. The number of carboxylic acid groups (broad SMARTS) is 1. The van der Waals surface area contributed by atoms with Crippen LogP contribution in [0.5, 0.6) is 11.5 Å². The van der Waals surface area contributed by atoms with E-state index in [1.54, 1.807) is 6.92 Å². The molecule has 0 aliphatic rings. The van der Waals surface area contributed by atoms with Crippen LogP contribution >= 0.6 is 12.2 Å². The lowest BCUT2D eigenvalue weighted by Gasteiger charge is -2.10. The molecule has 0 radical (unpaired) electrons. The number of rotatable bonds is 9. The normalized spacial score (nSPS) is 10.8. The third-order valence-electron chi connectivity index (χ3n) is 3.58. The number of hydrogen-bond donors (Lipinski definition) is 2. The highest BCUT2D eigenvalue weighted by molar-refractivity contribution is 7.71. The molecule has 13 heteroatoms. The summed E-state index contributed by atoms with van der Waals surface area (Å²) in [4.78, 5) is 33.8. The predicted molar refractivity (Wildman–Crippen MR) is 103 cm³/mol. The average molecular weight is 423 g/mol. The first-order valence-corrected chi connectivity index (χ1v) is 8.65. The number of nitrogens with zero attached hydrogens (tertiary/aromatic N) is 4. The van der Waals surface area contributed by atoms with Crippen molar-refractivity contribution in [1.29, 1.82) is 0 Å². The summed E-state index contributed by atoms with van der Waals surface area (Å²) in [5, 5.41) is 30.2. The van der Waals surface area contributed by atoms with Gasteiger partial charge >= 0.3 is 11.7 Å². The Labute approximate surface area is 168 Å². The number of nitrogens with one attached hydrogen (secondary N) is 1. The first-order chi connectivity index (χ1) is 13.8. The molecule has 0 spiro atoms. The van der Waals surface area contributed by atoms with Gasteiger partial charge in [-0.3, -0.25) is 24.8 Å². The Hall–Kier alpha value is -3.61. The number of methoxy groups -OCH3 is 1. The van der Waals surface area contributed by atoms with Gasteiger partial charge in [-0.1, -0.05) is 0 Å². The second-order valence-corrected chi connectivity index (χ2v) is 5.88. The smallest absolute Gasteiger partial charge is 0.315 e. The molecule has 0 saturated heterocycles. The molecule has 0 saturated carbocycles. The van der Waals surface area contributed by atoms with Gasteiger partial charge in [0.2, 0.25) is 10.5 Å². The van der Waals surface area contributed by atoms with Gasteiger partial charge in [0.25, 0.3) is 5.56 Å². The molecule has 2 rings (SSSR count). The lowest BCUT2D eigenvalue weighted by molar-refractivity contribution is -0.385. The van der Waals surface area contributed by atoms with Crippen LogP contribution in [0.3, 0.4) is 0 Å². The Morgan fingerprint density at radius 3 is 2.83 bits per heavy atom. The van der Waals surface area contributed by atoms with E-state index >= 15 is 0 Å². The minimum atomic E-state index is -1.09. The number of carboxylic acids is 1. The van der Waals surface area contributed by atoms with Gasteiger partial charge in [0, 0.05) is 18.1 Å². The Morgan fingerprint density at radius 1 is 1.52 bits per heavy atom. The minimum Gasteiger partial charge on any atom is -0.493 e. The van der Waals surface area contributed by atoms with Crippen LogP contribution in [0.4, 0.5) is 5.69 Å². The fraction of sp³-hybridized carbons (Fsp3) is 0.312. The standard InChI is InChI=1S/C16H17N5O7S/c1-3-28-14-11(21(25)26)6-9(7-12(14)27-2)8-17-20-15(24)10(4-5-13(22)23)18-19-16(20)29/h6-8H,3-5H2,1-2H3,(H,19,29)(H,22,23)/b17-8-. The maximum Gasteiger partial charge on any atom is 0.315 e. The molecule has 0 atom stereocenters. The highest BCUT2D eigenvalue weighted by atomic mass is 32.1. The zero-order chi connectivity index (χ0) is 21.6. The van der Waals surface area contributed by atoms with Crippen LogP contribution in [0.25, 0.3) is 0 Å². The van der Waals surface area contributed by atoms with Crippen LogP contribution in [0, 0.1) is 14.9 Å². The molecule has 154 valence electrons. The molecule has 0 fully saturated rings. The SMILES string of the molecule is CCOc1c(OC)cc(/C=N\n2c(=S)[nH]nc(CCC(=O)O)c2=O)cc1[N+](=O)[O-]. The number of hydrogen-bond acceptors (Lipinski definition) is 9. The van der Waals surface area contributed by atoms with Gasteiger partial charge in [0.05, 0.1) is 31.3 Å². The summed E-state index contributed by atoms with van der Waals surface area (Å²) in [5.41, 5.74) is -0.837. The van der Waals surface area contributed by atoms with Crippen molar-refractivity contribution in [1.82, 2.24) is 14.9 Å². The first-order valence-electron chi connectivity index (χ1n) is 8.24. The fourth-order valence-corrected chi connectivity index (χ4v) is 2.48. The molecule has 2 aromatic rings. The molecule has 1 aromatic carbocycles. The van der Waals surface area contributed by atoms with E-state index < -0.39 is 16.5 Å². The van der Waals surface area contributed by atoms with Gasteiger partial charge in [0.1, 0.15) is 5.69 Å². The maximum absolute atomic E-state index is 12.4. The Bertz CT molecular complexity index is 1080. The Morgan fingerprint density at radius 2 is 2.24 bits per heavy atom. The van der Waals surface area contributed by atoms with Crippen LogP contribution in [-0.4, -0.2) is 50.8 Å². The number of aromatic amines is 1. The topological polar surface area (TPSA) is 162 Å². The Balaban J connectivity index is 2.49. The summed E-state index contributed by atoms with van der Waals surface area (Å²) in [7, 11) is 1.33. The molecule has 1 heterocycles. The summed E-state index contributed by atoms with van der Waals surface area (Å²) in [6, 6.07) is 2.66. The van der Waals surface area contributed by atoms with Gasteiger partial charge in [0.15, 0.2) is 5.75 Å². The van der Waals surface area contributed by atoms with Crippen molar-refractivity contribution in [3.05, 3.63) is 48.6 Å². The van der Waals surface area contributed by atoms with Gasteiger partial charge in [-0.05, 0) is 25.2 Å². The van der Waals surface area contributed by atoms with Crippen LogP contribution in [-0.2, 0) is 11.2 Å².